The van der Waals surface area contributed by atoms with Crippen LogP contribution >= 0.6 is 11.3 Å². The molecule has 0 aliphatic carbocycles. The fraction of sp³-hybridized carbons (Fsp3) is 0.250. The number of morpholine rings is 1. The molecule has 6 rings (SSSR count). The maximum absolute atomic E-state index is 14.1. The number of amides is 2. The van der Waals surface area contributed by atoms with Gasteiger partial charge in [0.1, 0.15) is 23.2 Å². The molecule has 2 N–H and O–H groups in total. The van der Waals surface area contributed by atoms with Crippen LogP contribution in [-0.2, 0) is 4.74 Å². The number of halogens is 1. The summed E-state index contributed by atoms with van der Waals surface area (Å²) in [5, 5.41) is 15.1. The highest BCUT2D eigenvalue weighted by Gasteiger charge is 2.44. The van der Waals surface area contributed by atoms with E-state index in [-0.39, 0.29) is 46.0 Å². The highest BCUT2D eigenvalue weighted by molar-refractivity contribution is 7.22. The number of nitrogens with zero attached hydrogens (tertiary/aromatic N) is 4. The van der Waals surface area contributed by atoms with Gasteiger partial charge in [-0.25, -0.2) is 14.4 Å². The quantitative estimate of drug-likeness (QED) is 0.332. The van der Waals surface area contributed by atoms with E-state index in [1.807, 2.05) is 6.07 Å². The lowest BCUT2D eigenvalue weighted by atomic mass is 9.92. The number of methoxy groups -OCH3 is 2. The topological polar surface area (TPSA) is 139 Å². The second-order valence-corrected chi connectivity index (χ2v) is 10.4. The van der Waals surface area contributed by atoms with Crippen molar-refractivity contribution in [3.63, 3.8) is 0 Å². The predicted octanol–water partition coefficient (Wildman–Crippen LogP) is 4.20. The molecule has 11 nitrogen and oxygen atoms in total. The number of anilines is 3. The van der Waals surface area contributed by atoms with Crippen LogP contribution < -0.4 is 25.0 Å². The van der Waals surface area contributed by atoms with Gasteiger partial charge in [-0.2, -0.15) is 5.26 Å². The molecule has 0 saturated carbocycles. The Labute approximate surface area is 237 Å². The average molecular weight is 575 g/mol. The van der Waals surface area contributed by atoms with Gasteiger partial charge in [0.15, 0.2) is 5.13 Å². The SMILES string of the molecule is COc1cc(C(=O)Nc2ccc(C#N)c(F)c2)c(NC(=O)c2c(OC)ccc3nc(N4C5COCC4C5)sc23)cn1. The van der Waals surface area contributed by atoms with Crippen molar-refractivity contribution in [2.24, 2.45) is 0 Å². The summed E-state index contributed by atoms with van der Waals surface area (Å²) < 4.78 is 31.1. The third-order valence-electron chi connectivity index (χ3n) is 7.06. The molecule has 2 saturated heterocycles. The molecular formula is C28H23FN6O5S. The summed E-state index contributed by atoms with van der Waals surface area (Å²) in [6, 6.07) is 10.8. The summed E-state index contributed by atoms with van der Waals surface area (Å²) in [5.74, 6) is -1.47. The highest BCUT2D eigenvalue weighted by Crippen LogP contribution is 2.42. The molecular weight excluding hydrogens is 551 g/mol. The number of carbonyl (C=O) groups is 2. The molecule has 2 bridgehead atoms. The Hall–Kier alpha value is -4.80. The largest absolute Gasteiger partial charge is 0.496 e. The van der Waals surface area contributed by atoms with Gasteiger partial charge in [0.05, 0.1) is 72.7 Å². The summed E-state index contributed by atoms with van der Waals surface area (Å²) in [5.41, 5.74) is 1.02. The minimum absolute atomic E-state index is 0.0273. The molecule has 2 aromatic heterocycles. The molecule has 2 aliphatic rings. The van der Waals surface area contributed by atoms with Gasteiger partial charge < -0.3 is 29.7 Å². The van der Waals surface area contributed by atoms with Crippen LogP contribution in [0.4, 0.5) is 20.9 Å². The minimum Gasteiger partial charge on any atom is -0.496 e. The predicted molar refractivity (Wildman–Crippen MR) is 149 cm³/mol. The molecule has 2 atom stereocenters. The Balaban J connectivity index is 1.32. The van der Waals surface area contributed by atoms with Crippen molar-refractivity contribution >= 4 is 49.9 Å². The van der Waals surface area contributed by atoms with Gasteiger partial charge in [0.25, 0.3) is 11.8 Å². The molecule has 2 unspecified atom stereocenters. The molecule has 41 heavy (non-hydrogen) atoms. The van der Waals surface area contributed by atoms with E-state index in [1.165, 1.54) is 50.0 Å². The molecule has 4 heterocycles. The Bertz CT molecular complexity index is 1720. The van der Waals surface area contributed by atoms with Gasteiger partial charge in [0.2, 0.25) is 5.88 Å². The Morgan fingerprint density at radius 1 is 1.12 bits per heavy atom. The molecule has 208 valence electrons. The zero-order valence-electron chi connectivity index (χ0n) is 21.9. The molecule has 13 heteroatoms. The van der Waals surface area contributed by atoms with Crippen LogP contribution in [0.25, 0.3) is 10.2 Å². The van der Waals surface area contributed by atoms with Crippen molar-refractivity contribution in [3.05, 3.63) is 65.1 Å². The third-order valence-corrected chi connectivity index (χ3v) is 8.16. The molecule has 2 aliphatic heterocycles. The van der Waals surface area contributed by atoms with E-state index in [2.05, 4.69) is 20.5 Å². The number of carbonyl (C=O) groups excluding carboxylic acids is 2. The minimum atomic E-state index is -0.773. The number of rotatable bonds is 7. The zero-order chi connectivity index (χ0) is 28.7. The van der Waals surface area contributed by atoms with Crippen molar-refractivity contribution in [1.29, 1.82) is 5.26 Å². The second-order valence-electron chi connectivity index (χ2n) is 9.46. The fourth-order valence-electron chi connectivity index (χ4n) is 5.01. The number of nitriles is 1. The van der Waals surface area contributed by atoms with Crippen molar-refractivity contribution in [2.75, 3.05) is 43.0 Å². The fourth-order valence-corrected chi connectivity index (χ4v) is 6.25. The second kappa shape index (κ2) is 10.6. The monoisotopic (exact) mass is 574 g/mol. The first-order valence-corrected chi connectivity index (χ1v) is 13.4. The third kappa shape index (κ3) is 4.77. The van der Waals surface area contributed by atoms with Crippen molar-refractivity contribution in [1.82, 2.24) is 9.97 Å². The van der Waals surface area contributed by atoms with Crippen LogP contribution in [0, 0.1) is 17.1 Å². The number of hydrogen-bond acceptors (Lipinski definition) is 10. The number of hydrogen-bond donors (Lipinski definition) is 2. The van der Waals surface area contributed by atoms with Crippen molar-refractivity contribution in [3.8, 4) is 17.7 Å². The van der Waals surface area contributed by atoms with E-state index in [0.717, 1.165) is 17.6 Å². The standard InChI is InChI=1S/C28H23FN6O5S/c1-38-22-6-5-20-25(41-28(34-20)35-16-8-17(35)13-40-12-16)24(22)27(37)33-21-11-31-23(39-2)9-18(21)26(36)32-15-4-3-14(10-30)19(29)7-15/h3-7,9,11,16-17H,8,12-13H2,1-2H3,(H,32,36)(H,33,37). The average Bonchev–Trinajstić information content (AvgIpc) is 3.40. The Kier molecular flexibility index (Phi) is 6.86. The van der Waals surface area contributed by atoms with Gasteiger partial charge in [-0.1, -0.05) is 11.3 Å². The van der Waals surface area contributed by atoms with E-state index in [4.69, 9.17) is 24.5 Å². The number of benzene rings is 2. The van der Waals surface area contributed by atoms with Gasteiger partial charge in [-0.3, -0.25) is 9.59 Å². The number of fused-ring (bicyclic) bond motifs is 3. The van der Waals surface area contributed by atoms with E-state index < -0.39 is 17.6 Å². The summed E-state index contributed by atoms with van der Waals surface area (Å²) >= 11 is 1.40. The molecule has 2 amide bonds. The van der Waals surface area contributed by atoms with Crippen molar-refractivity contribution in [2.45, 2.75) is 18.5 Å². The first kappa shape index (κ1) is 26.4. The summed E-state index contributed by atoms with van der Waals surface area (Å²) in [6.07, 6.45) is 2.36. The molecule has 0 spiro atoms. The highest BCUT2D eigenvalue weighted by atomic mass is 32.1. The van der Waals surface area contributed by atoms with Gasteiger partial charge >= 0.3 is 0 Å². The van der Waals surface area contributed by atoms with E-state index >= 15 is 0 Å². The summed E-state index contributed by atoms with van der Waals surface area (Å²) in [7, 11) is 2.87. The lowest BCUT2D eigenvalue weighted by molar-refractivity contribution is 0.0103. The zero-order valence-corrected chi connectivity index (χ0v) is 22.8. The lowest BCUT2D eigenvalue weighted by Gasteiger charge is -2.52. The van der Waals surface area contributed by atoms with Crippen LogP contribution in [0.5, 0.6) is 11.6 Å². The maximum atomic E-state index is 14.1. The normalized spacial score (nSPS) is 17.4. The van der Waals surface area contributed by atoms with Gasteiger partial charge in [0, 0.05) is 11.8 Å². The van der Waals surface area contributed by atoms with Gasteiger partial charge in [-0.15, -0.1) is 0 Å². The van der Waals surface area contributed by atoms with E-state index in [0.29, 0.717) is 29.2 Å². The number of ether oxygens (including phenoxy) is 3. The number of nitrogens with one attached hydrogen (secondary N) is 2. The first-order chi connectivity index (χ1) is 19.9. The van der Waals surface area contributed by atoms with E-state index in [9.17, 15) is 14.0 Å². The lowest BCUT2D eigenvalue weighted by Crippen LogP contribution is -2.64. The van der Waals surface area contributed by atoms with Crippen LogP contribution in [-0.4, -0.2) is 61.3 Å². The molecule has 4 aromatic rings. The van der Waals surface area contributed by atoms with Crippen LogP contribution in [0.15, 0.2) is 42.6 Å². The van der Waals surface area contributed by atoms with E-state index in [1.54, 1.807) is 12.1 Å². The Morgan fingerprint density at radius 3 is 2.61 bits per heavy atom. The number of thiazole rings is 1. The first-order valence-electron chi connectivity index (χ1n) is 12.6. The number of aromatic nitrogens is 2. The summed E-state index contributed by atoms with van der Waals surface area (Å²) in [4.78, 5) is 38.2. The van der Waals surface area contributed by atoms with Crippen LogP contribution in [0.3, 0.4) is 0 Å². The van der Waals surface area contributed by atoms with Crippen LogP contribution in [0.1, 0.15) is 32.7 Å². The molecule has 2 fully saturated rings. The van der Waals surface area contributed by atoms with Gasteiger partial charge in [-0.05, 0) is 36.8 Å². The van der Waals surface area contributed by atoms with Crippen molar-refractivity contribution < 1.29 is 28.2 Å². The smallest absolute Gasteiger partial charge is 0.261 e. The summed E-state index contributed by atoms with van der Waals surface area (Å²) in [6.45, 7) is 1.29. The van der Waals surface area contributed by atoms with Crippen LogP contribution in [0.2, 0.25) is 0 Å². The maximum Gasteiger partial charge on any atom is 0.261 e. The Morgan fingerprint density at radius 2 is 1.93 bits per heavy atom. The number of pyridine rings is 1. The molecule has 0 radical (unpaired) electrons. The molecule has 2 aromatic carbocycles.